The number of fused-ring (bicyclic) bond motifs is 1. The van der Waals surface area contributed by atoms with Crippen molar-refractivity contribution in [2.75, 3.05) is 5.32 Å². The molecule has 5 aromatic rings. The van der Waals surface area contributed by atoms with Crippen LogP contribution in [0.25, 0.3) is 33.7 Å². The van der Waals surface area contributed by atoms with Gasteiger partial charge in [0, 0.05) is 25.3 Å². The first-order valence-corrected chi connectivity index (χ1v) is 11.5. The minimum atomic E-state index is -0.499. The van der Waals surface area contributed by atoms with Crippen LogP contribution >= 0.6 is 11.3 Å². The zero-order valence-corrected chi connectivity index (χ0v) is 19.4. The van der Waals surface area contributed by atoms with Gasteiger partial charge in [-0.3, -0.25) is 18.7 Å². The highest BCUT2D eigenvalue weighted by atomic mass is 32.1. The minimum Gasteiger partial charge on any atom is -0.325 e. The van der Waals surface area contributed by atoms with E-state index in [1.165, 1.54) is 11.6 Å². The molecule has 0 fully saturated rings. The maximum Gasteiger partial charge on any atom is 0.332 e. The Kier molecular flexibility index (Phi) is 5.46. The lowest BCUT2D eigenvalue weighted by Gasteiger charge is -2.11. The summed E-state index contributed by atoms with van der Waals surface area (Å²) in [5.41, 5.74) is 3.04. The Morgan fingerprint density at radius 2 is 1.65 bits per heavy atom. The number of amides is 1. The highest BCUT2D eigenvalue weighted by Crippen LogP contribution is 2.25. The summed E-state index contributed by atoms with van der Waals surface area (Å²) < 4.78 is 3.92. The van der Waals surface area contributed by atoms with E-state index in [0.29, 0.717) is 11.5 Å². The van der Waals surface area contributed by atoms with Gasteiger partial charge in [-0.15, -0.1) is 0 Å². The van der Waals surface area contributed by atoms with Crippen LogP contribution in [0.15, 0.2) is 81.0 Å². The van der Waals surface area contributed by atoms with Gasteiger partial charge in [-0.25, -0.2) is 9.78 Å². The molecule has 0 saturated heterocycles. The molecule has 0 aliphatic carbocycles. The summed E-state index contributed by atoms with van der Waals surface area (Å²) in [6, 6.07) is 18.9. The third-order valence-corrected chi connectivity index (χ3v) is 6.39. The van der Waals surface area contributed by atoms with E-state index in [4.69, 9.17) is 0 Å². The van der Waals surface area contributed by atoms with E-state index in [-0.39, 0.29) is 23.6 Å². The molecule has 1 amide bonds. The van der Waals surface area contributed by atoms with Crippen molar-refractivity contribution >= 4 is 34.1 Å². The fourth-order valence-corrected chi connectivity index (χ4v) is 4.59. The molecule has 0 aliphatic rings. The number of nitrogens with one attached hydrogen (secondary N) is 1. The van der Waals surface area contributed by atoms with Crippen LogP contribution < -0.4 is 16.6 Å². The van der Waals surface area contributed by atoms with E-state index >= 15 is 0 Å². The molecule has 0 atom stereocenters. The normalized spacial score (nSPS) is 11.1. The molecular formula is C25H21N5O3S. The first-order chi connectivity index (χ1) is 16.4. The Hall–Kier alpha value is -4.24. The topological polar surface area (TPSA) is 90.9 Å². The van der Waals surface area contributed by atoms with Crippen molar-refractivity contribution in [3.8, 4) is 22.5 Å². The van der Waals surface area contributed by atoms with E-state index in [1.807, 2.05) is 66.0 Å². The maximum absolute atomic E-state index is 13.0. The molecule has 5 rings (SSSR count). The second-order valence-corrected chi connectivity index (χ2v) is 8.68. The van der Waals surface area contributed by atoms with Crippen LogP contribution in [0.1, 0.15) is 0 Å². The molecule has 0 saturated carbocycles. The second kappa shape index (κ2) is 8.60. The summed E-state index contributed by atoms with van der Waals surface area (Å²) in [6.45, 7) is -0.138. The van der Waals surface area contributed by atoms with Crippen LogP contribution in [0.3, 0.4) is 0 Å². The molecule has 0 radical (unpaired) electrons. The van der Waals surface area contributed by atoms with Crippen molar-refractivity contribution in [1.82, 2.24) is 18.7 Å². The summed E-state index contributed by atoms with van der Waals surface area (Å²) in [5.74, 6) is 0.132. The zero-order valence-electron chi connectivity index (χ0n) is 18.6. The Morgan fingerprint density at radius 3 is 2.32 bits per heavy atom. The average Bonchev–Trinajstić information content (AvgIpc) is 3.51. The van der Waals surface area contributed by atoms with Crippen LogP contribution in [0.2, 0.25) is 0 Å². The number of benzene rings is 2. The van der Waals surface area contributed by atoms with Crippen molar-refractivity contribution in [3.63, 3.8) is 0 Å². The molecule has 2 aromatic carbocycles. The third kappa shape index (κ3) is 3.75. The quantitative estimate of drug-likeness (QED) is 0.425. The van der Waals surface area contributed by atoms with Crippen LogP contribution in [0, 0.1) is 0 Å². The predicted molar refractivity (Wildman–Crippen MR) is 134 cm³/mol. The minimum absolute atomic E-state index is 0.138. The standard InChI is InChI=1S/C25H21N5O3S/c1-28-23-21(24(32)29(2)25(28)33)30(22(27-23)17-6-4-3-5-7-17)14-20(31)26-19-10-8-16(9-11-19)18-12-13-34-15-18/h3-13,15H,14H2,1-2H3,(H,26,31). The average molecular weight is 472 g/mol. The Balaban J connectivity index is 1.53. The van der Waals surface area contributed by atoms with Crippen molar-refractivity contribution in [2.24, 2.45) is 14.1 Å². The van der Waals surface area contributed by atoms with Gasteiger partial charge in [-0.2, -0.15) is 11.3 Å². The number of anilines is 1. The molecule has 9 heteroatoms. The van der Waals surface area contributed by atoms with Crippen molar-refractivity contribution in [2.45, 2.75) is 6.54 Å². The largest absolute Gasteiger partial charge is 0.332 e. The molecular weight excluding hydrogens is 450 g/mol. The van der Waals surface area contributed by atoms with Crippen LogP contribution in [-0.2, 0) is 25.4 Å². The van der Waals surface area contributed by atoms with Gasteiger partial charge in [0.05, 0.1) is 0 Å². The first kappa shape index (κ1) is 21.6. The summed E-state index contributed by atoms with van der Waals surface area (Å²) >= 11 is 1.63. The van der Waals surface area contributed by atoms with E-state index in [2.05, 4.69) is 15.7 Å². The highest BCUT2D eigenvalue weighted by Gasteiger charge is 2.21. The van der Waals surface area contributed by atoms with Gasteiger partial charge >= 0.3 is 5.69 Å². The van der Waals surface area contributed by atoms with Gasteiger partial charge in [-0.1, -0.05) is 42.5 Å². The number of hydrogen-bond acceptors (Lipinski definition) is 5. The fraction of sp³-hybridized carbons (Fsp3) is 0.120. The second-order valence-electron chi connectivity index (χ2n) is 7.90. The molecule has 0 unspecified atom stereocenters. The lowest BCUT2D eigenvalue weighted by molar-refractivity contribution is -0.116. The van der Waals surface area contributed by atoms with Gasteiger partial charge in [0.25, 0.3) is 5.56 Å². The number of aromatic nitrogens is 4. The van der Waals surface area contributed by atoms with Crippen LogP contribution in [-0.4, -0.2) is 24.6 Å². The maximum atomic E-state index is 13.0. The molecule has 0 aliphatic heterocycles. The van der Waals surface area contributed by atoms with E-state index in [0.717, 1.165) is 21.3 Å². The number of imidazole rings is 1. The van der Waals surface area contributed by atoms with Crippen molar-refractivity contribution in [1.29, 1.82) is 0 Å². The zero-order chi connectivity index (χ0) is 23.8. The van der Waals surface area contributed by atoms with E-state index in [1.54, 1.807) is 23.0 Å². The lowest BCUT2D eigenvalue weighted by atomic mass is 10.1. The Labute approximate surface area is 198 Å². The van der Waals surface area contributed by atoms with Crippen molar-refractivity contribution < 1.29 is 4.79 Å². The first-order valence-electron chi connectivity index (χ1n) is 10.6. The fourth-order valence-electron chi connectivity index (χ4n) is 3.93. The molecule has 34 heavy (non-hydrogen) atoms. The number of thiophene rings is 1. The van der Waals surface area contributed by atoms with Crippen molar-refractivity contribution in [3.05, 3.63) is 92.3 Å². The number of rotatable bonds is 5. The van der Waals surface area contributed by atoms with Crippen LogP contribution in [0.5, 0.6) is 0 Å². The molecule has 1 N–H and O–H groups in total. The van der Waals surface area contributed by atoms with E-state index in [9.17, 15) is 14.4 Å². The van der Waals surface area contributed by atoms with Gasteiger partial charge in [0.2, 0.25) is 5.91 Å². The number of hydrogen-bond donors (Lipinski definition) is 1. The number of nitrogens with zero attached hydrogens (tertiary/aromatic N) is 4. The summed E-state index contributed by atoms with van der Waals surface area (Å²) in [4.78, 5) is 43.1. The van der Waals surface area contributed by atoms with Gasteiger partial charge in [-0.05, 0) is 40.1 Å². The SMILES string of the molecule is Cn1c(=O)c2c(nc(-c3ccccc3)n2CC(=O)Nc2ccc(-c3ccsc3)cc2)n(C)c1=O. The molecule has 0 bridgehead atoms. The molecule has 0 spiro atoms. The number of aryl methyl sites for hydroxylation is 1. The molecule has 170 valence electrons. The summed E-state index contributed by atoms with van der Waals surface area (Å²) in [7, 11) is 2.98. The summed E-state index contributed by atoms with van der Waals surface area (Å²) in [6.07, 6.45) is 0. The lowest BCUT2D eigenvalue weighted by Crippen LogP contribution is -2.37. The Bertz CT molecular complexity index is 1610. The van der Waals surface area contributed by atoms with Crippen LogP contribution in [0.4, 0.5) is 5.69 Å². The Morgan fingerprint density at radius 1 is 0.912 bits per heavy atom. The molecule has 3 aromatic heterocycles. The third-order valence-electron chi connectivity index (χ3n) is 5.70. The highest BCUT2D eigenvalue weighted by molar-refractivity contribution is 7.08. The van der Waals surface area contributed by atoms with Gasteiger partial charge < -0.3 is 9.88 Å². The number of carbonyl (C=O) groups is 1. The van der Waals surface area contributed by atoms with E-state index < -0.39 is 11.2 Å². The predicted octanol–water partition coefficient (Wildman–Crippen LogP) is 3.47. The molecule has 3 heterocycles. The monoisotopic (exact) mass is 471 g/mol. The smallest absolute Gasteiger partial charge is 0.325 e. The summed E-state index contributed by atoms with van der Waals surface area (Å²) in [5, 5.41) is 6.98. The molecule has 8 nitrogen and oxygen atoms in total. The van der Waals surface area contributed by atoms with Gasteiger partial charge in [0.15, 0.2) is 11.2 Å². The number of carbonyl (C=O) groups excluding carboxylic acids is 1. The van der Waals surface area contributed by atoms with Gasteiger partial charge in [0.1, 0.15) is 12.4 Å².